The van der Waals surface area contributed by atoms with Crippen LogP contribution >= 0.6 is 0 Å². The first-order chi connectivity index (χ1) is 13.2. The zero-order chi connectivity index (χ0) is 19.1. The fourth-order valence-electron chi connectivity index (χ4n) is 3.45. The summed E-state index contributed by atoms with van der Waals surface area (Å²) >= 11 is 0. The van der Waals surface area contributed by atoms with Crippen LogP contribution in [0.15, 0.2) is 35.3 Å². The number of aromatic nitrogens is 1. The molecule has 1 aliphatic rings. The van der Waals surface area contributed by atoms with Crippen molar-refractivity contribution in [2.24, 2.45) is 0 Å². The number of nitrogens with zero attached hydrogens (tertiary/aromatic N) is 2. The number of carbonyl (C=O) groups is 1. The highest BCUT2D eigenvalue weighted by molar-refractivity contribution is 5.88. The number of benzene rings is 1. The van der Waals surface area contributed by atoms with Crippen LogP contribution in [0.3, 0.4) is 0 Å². The zero-order valence-electron chi connectivity index (χ0n) is 16.0. The summed E-state index contributed by atoms with van der Waals surface area (Å²) in [5.41, 5.74) is -0.0727. The molecule has 0 radical (unpaired) electrons. The van der Waals surface area contributed by atoms with E-state index in [9.17, 15) is 9.59 Å². The Hall–Kier alpha value is -2.34. The minimum atomic E-state index is -0.0727. The molecule has 1 saturated heterocycles. The van der Waals surface area contributed by atoms with Gasteiger partial charge >= 0.3 is 0 Å². The largest absolute Gasteiger partial charge is 0.483 e. The topological polar surface area (TPSA) is 60.8 Å². The Morgan fingerprint density at radius 3 is 2.59 bits per heavy atom. The third-order valence-electron chi connectivity index (χ3n) is 4.97. The number of hydrogen-bond donors (Lipinski definition) is 0. The molecule has 1 aromatic carbocycles. The summed E-state index contributed by atoms with van der Waals surface area (Å²) in [5, 5.41) is 1.33. The molecule has 0 atom stereocenters. The molecule has 146 valence electrons. The number of rotatable bonds is 7. The lowest BCUT2D eigenvalue weighted by Gasteiger charge is -2.20. The highest BCUT2D eigenvalue weighted by Crippen LogP contribution is 2.23. The molecule has 1 amide bonds. The Morgan fingerprint density at radius 1 is 1.07 bits per heavy atom. The van der Waals surface area contributed by atoms with Crippen LogP contribution in [-0.2, 0) is 16.1 Å². The summed E-state index contributed by atoms with van der Waals surface area (Å²) in [6.45, 7) is 5.20. The van der Waals surface area contributed by atoms with Crippen molar-refractivity contribution in [3.8, 4) is 5.75 Å². The van der Waals surface area contributed by atoms with E-state index in [-0.39, 0.29) is 18.1 Å². The predicted octanol–water partition coefficient (Wildman–Crippen LogP) is 2.82. The van der Waals surface area contributed by atoms with E-state index in [1.54, 1.807) is 22.9 Å². The van der Waals surface area contributed by atoms with Crippen LogP contribution in [0.25, 0.3) is 10.8 Å². The van der Waals surface area contributed by atoms with Crippen LogP contribution in [-0.4, -0.2) is 48.3 Å². The summed E-state index contributed by atoms with van der Waals surface area (Å²) < 4.78 is 12.8. The average Bonchev–Trinajstić information content (AvgIpc) is 2.98. The average molecular weight is 372 g/mol. The second kappa shape index (κ2) is 9.55. The molecule has 0 spiro atoms. The van der Waals surface area contributed by atoms with Crippen LogP contribution in [0.1, 0.15) is 32.6 Å². The summed E-state index contributed by atoms with van der Waals surface area (Å²) in [4.78, 5) is 27.0. The molecule has 6 heteroatoms. The normalized spacial score (nSPS) is 14.9. The minimum absolute atomic E-state index is 0.00649. The van der Waals surface area contributed by atoms with Crippen LogP contribution in [0.2, 0.25) is 0 Å². The highest BCUT2D eigenvalue weighted by atomic mass is 16.5. The SMILES string of the molecule is CCOCCn1ccc2c(OCC(=O)N3CCCCCC3)cccc2c1=O. The predicted molar refractivity (Wildman–Crippen MR) is 105 cm³/mol. The smallest absolute Gasteiger partial charge is 0.260 e. The van der Waals surface area contributed by atoms with E-state index in [4.69, 9.17) is 9.47 Å². The molecule has 0 saturated carbocycles. The van der Waals surface area contributed by atoms with Gasteiger partial charge in [0, 0.05) is 37.8 Å². The lowest BCUT2D eigenvalue weighted by molar-refractivity contribution is -0.133. The van der Waals surface area contributed by atoms with Crippen molar-refractivity contribution in [3.05, 3.63) is 40.8 Å². The third kappa shape index (κ3) is 4.89. The Balaban J connectivity index is 1.72. The Kier molecular flexibility index (Phi) is 6.87. The van der Waals surface area contributed by atoms with Crippen molar-refractivity contribution in [2.75, 3.05) is 32.9 Å². The van der Waals surface area contributed by atoms with E-state index in [1.807, 2.05) is 24.0 Å². The second-order valence-electron chi connectivity index (χ2n) is 6.81. The number of likely N-dealkylation sites (tertiary alicyclic amines) is 1. The van der Waals surface area contributed by atoms with E-state index < -0.39 is 0 Å². The van der Waals surface area contributed by atoms with Gasteiger partial charge in [0.1, 0.15) is 5.75 Å². The summed E-state index contributed by atoms with van der Waals surface area (Å²) in [6, 6.07) is 7.26. The second-order valence-corrected chi connectivity index (χ2v) is 6.81. The summed E-state index contributed by atoms with van der Waals surface area (Å²) in [6.07, 6.45) is 6.24. The molecule has 0 bridgehead atoms. The third-order valence-corrected chi connectivity index (χ3v) is 4.97. The van der Waals surface area contributed by atoms with Gasteiger partial charge in [-0.15, -0.1) is 0 Å². The van der Waals surface area contributed by atoms with Gasteiger partial charge in [-0.1, -0.05) is 18.9 Å². The number of ether oxygens (including phenoxy) is 2. The van der Waals surface area contributed by atoms with E-state index >= 15 is 0 Å². The maximum absolute atomic E-state index is 12.7. The first kappa shape index (κ1) is 19.4. The Labute approximate surface area is 159 Å². The monoisotopic (exact) mass is 372 g/mol. The molecule has 0 unspecified atom stereocenters. The molecule has 0 N–H and O–H groups in total. The van der Waals surface area contributed by atoms with Crippen molar-refractivity contribution in [1.82, 2.24) is 9.47 Å². The van der Waals surface area contributed by atoms with Crippen molar-refractivity contribution in [1.29, 1.82) is 0 Å². The van der Waals surface area contributed by atoms with Gasteiger partial charge in [-0.2, -0.15) is 0 Å². The van der Waals surface area contributed by atoms with E-state index in [2.05, 4.69) is 0 Å². The van der Waals surface area contributed by atoms with Gasteiger partial charge in [0.05, 0.1) is 12.0 Å². The lowest BCUT2D eigenvalue weighted by atomic mass is 10.1. The molecule has 1 aliphatic heterocycles. The fraction of sp³-hybridized carbons (Fsp3) is 0.524. The van der Waals surface area contributed by atoms with Gasteiger partial charge in [0.15, 0.2) is 6.61 Å². The molecule has 1 fully saturated rings. The maximum atomic E-state index is 12.7. The maximum Gasteiger partial charge on any atom is 0.260 e. The summed E-state index contributed by atoms with van der Waals surface area (Å²) in [5.74, 6) is 0.587. The van der Waals surface area contributed by atoms with E-state index in [1.165, 1.54) is 12.8 Å². The van der Waals surface area contributed by atoms with Crippen molar-refractivity contribution in [2.45, 2.75) is 39.2 Å². The molecule has 1 aromatic heterocycles. The number of pyridine rings is 1. The van der Waals surface area contributed by atoms with Gasteiger partial charge in [-0.05, 0) is 38.0 Å². The molecular weight excluding hydrogens is 344 g/mol. The molecule has 0 aliphatic carbocycles. The van der Waals surface area contributed by atoms with Gasteiger partial charge in [-0.3, -0.25) is 9.59 Å². The number of amides is 1. The summed E-state index contributed by atoms with van der Waals surface area (Å²) in [7, 11) is 0. The van der Waals surface area contributed by atoms with E-state index in [0.29, 0.717) is 30.9 Å². The number of hydrogen-bond acceptors (Lipinski definition) is 4. The standard InChI is InChI=1S/C21H28N2O4/c1-2-26-15-14-23-13-10-17-18(21(23)25)8-7-9-19(17)27-16-20(24)22-11-5-3-4-6-12-22/h7-10,13H,2-6,11-12,14-16H2,1H3. The quantitative estimate of drug-likeness (QED) is 0.701. The van der Waals surface area contributed by atoms with Crippen molar-refractivity contribution in [3.63, 3.8) is 0 Å². The minimum Gasteiger partial charge on any atom is -0.483 e. The van der Waals surface area contributed by atoms with Gasteiger partial charge in [0.2, 0.25) is 0 Å². The van der Waals surface area contributed by atoms with Gasteiger partial charge < -0.3 is 18.9 Å². The molecule has 2 heterocycles. The number of fused-ring (bicyclic) bond motifs is 1. The first-order valence-electron chi connectivity index (χ1n) is 9.81. The highest BCUT2D eigenvalue weighted by Gasteiger charge is 2.16. The van der Waals surface area contributed by atoms with Crippen LogP contribution in [0.5, 0.6) is 5.75 Å². The molecule has 3 rings (SSSR count). The fourth-order valence-corrected chi connectivity index (χ4v) is 3.45. The molecule has 27 heavy (non-hydrogen) atoms. The molecule has 6 nitrogen and oxygen atoms in total. The van der Waals surface area contributed by atoms with Crippen molar-refractivity contribution >= 4 is 16.7 Å². The van der Waals surface area contributed by atoms with Crippen LogP contribution < -0.4 is 10.3 Å². The lowest BCUT2D eigenvalue weighted by Crippen LogP contribution is -2.35. The van der Waals surface area contributed by atoms with Gasteiger partial charge in [0.25, 0.3) is 11.5 Å². The molecular formula is C21H28N2O4. The van der Waals surface area contributed by atoms with Crippen molar-refractivity contribution < 1.29 is 14.3 Å². The molecule has 2 aromatic rings. The number of carbonyl (C=O) groups excluding carboxylic acids is 1. The zero-order valence-corrected chi connectivity index (χ0v) is 16.0. The van der Waals surface area contributed by atoms with E-state index in [0.717, 1.165) is 31.3 Å². The van der Waals surface area contributed by atoms with Crippen LogP contribution in [0.4, 0.5) is 0 Å². The van der Waals surface area contributed by atoms with Crippen LogP contribution in [0, 0.1) is 0 Å². The van der Waals surface area contributed by atoms with Gasteiger partial charge in [-0.25, -0.2) is 0 Å². The first-order valence-corrected chi connectivity index (χ1v) is 9.81. The Morgan fingerprint density at radius 2 is 1.85 bits per heavy atom. The Bertz CT molecular complexity index is 823.